The van der Waals surface area contributed by atoms with Gasteiger partial charge in [-0.1, -0.05) is 24.3 Å². The van der Waals surface area contributed by atoms with Crippen molar-refractivity contribution in [2.24, 2.45) is 0 Å². The summed E-state index contributed by atoms with van der Waals surface area (Å²) < 4.78 is 0. The molecule has 1 aliphatic rings. The molecule has 6 nitrogen and oxygen atoms in total. The van der Waals surface area contributed by atoms with Crippen molar-refractivity contribution in [1.29, 1.82) is 0 Å². The van der Waals surface area contributed by atoms with Gasteiger partial charge < -0.3 is 15.4 Å². The van der Waals surface area contributed by atoms with E-state index in [4.69, 9.17) is 5.11 Å². The number of rotatable bonds is 4. The molecule has 3 N–H and O–H groups in total. The molecular weight excluding hydrogens is 342 g/mol. The minimum absolute atomic E-state index is 0.0435. The lowest BCUT2D eigenvalue weighted by Gasteiger charge is -2.10. The van der Waals surface area contributed by atoms with E-state index in [9.17, 15) is 9.59 Å². The summed E-state index contributed by atoms with van der Waals surface area (Å²) in [5.41, 5.74) is 6.04. The highest BCUT2D eigenvalue weighted by Crippen LogP contribution is 2.27. The third kappa shape index (κ3) is 3.50. The quantitative estimate of drug-likeness (QED) is 0.624. The van der Waals surface area contributed by atoms with Gasteiger partial charge in [0, 0.05) is 47.8 Å². The van der Waals surface area contributed by atoms with Gasteiger partial charge in [0.25, 0.3) is 5.91 Å². The van der Waals surface area contributed by atoms with E-state index in [2.05, 4.69) is 15.3 Å². The third-order valence-electron chi connectivity index (χ3n) is 4.50. The van der Waals surface area contributed by atoms with E-state index in [0.29, 0.717) is 12.1 Å². The molecule has 0 aliphatic carbocycles. The Morgan fingerprint density at radius 1 is 1.11 bits per heavy atom. The van der Waals surface area contributed by atoms with E-state index >= 15 is 0 Å². The first-order valence-electron chi connectivity index (χ1n) is 8.58. The maximum atomic E-state index is 12.0. The van der Waals surface area contributed by atoms with Gasteiger partial charge in [-0.2, -0.15) is 0 Å². The Labute approximate surface area is 155 Å². The Morgan fingerprint density at radius 2 is 1.93 bits per heavy atom. The van der Waals surface area contributed by atoms with Crippen LogP contribution in [0.3, 0.4) is 0 Å². The summed E-state index contributed by atoms with van der Waals surface area (Å²) >= 11 is 0. The van der Waals surface area contributed by atoms with Crippen LogP contribution in [0.2, 0.25) is 0 Å². The highest BCUT2D eigenvalue weighted by Gasteiger charge is 2.20. The molecule has 0 fully saturated rings. The molecule has 1 amide bonds. The first-order chi connectivity index (χ1) is 13.1. The van der Waals surface area contributed by atoms with E-state index in [1.807, 2.05) is 42.5 Å². The zero-order chi connectivity index (χ0) is 18.8. The topological polar surface area (TPSA) is 95.1 Å². The van der Waals surface area contributed by atoms with Crippen LogP contribution >= 0.6 is 0 Å². The fourth-order valence-electron chi connectivity index (χ4n) is 3.14. The SMILES string of the molecule is O=C(O)C=Cc1ccc(-c2cc(-c3cc4c([nH]3)CCNC4=O)ccn2)cc1. The molecule has 0 bridgehead atoms. The van der Waals surface area contributed by atoms with Crippen LogP contribution in [0.5, 0.6) is 0 Å². The number of fused-ring (bicyclic) bond motifs is 1. The van der Waals surface area contributed by atoms with Gasteiger partial charge in [0.1, 0.15) is 0 Å². The van der Waals surface area contributed by atoms with E-state index in [-0.39, 0.29) is 5.91 Å². The van der Waals surface area contributed by atoms with Crippen LogP contribution in [0.1, 0.15) is 21.6 Å². The van der Waals surface area contributed by atoms with Crippen molar-refractivity contribution in [3.8, 4) is 22.5 Å². The number of H-pyrrole nitrogens is 1. The number of benzene rings is 1. The van der Waals surface area contributed by atoms with Gasteiger partial charge in [0.2, 0.25) is 0 Å². The molecule has 0 unspecified atom stereocenters. The molecule has 6 heteroatoms. The largest absolute Gasteiger partial charge is 0.478 e. The number of amides is 1. The molecule has 27 heavy (non-hydrogen) atoms. The molecule has 0 radical (unpaired) electrons. The van der Waals surface area contributed by atoms with E-state index in [0.717, 1.165) is 46.3 Å². The molecule has 0 saturated heterocycles. The second kappa shape index (κ2) is 6.92. The zero-order valence-electron chi connectivity index (χ0n) is 14.4. The van der Waals surface area contributed by atoms with Gasteiger partial charge in [-0.25, -0.2) is 4.79 Å². The van der Waals surface area contributed by atoms with Crippen molar-refractivity contribution in [3.63, 3.8) is 0 Å². The van der Waals surface area contributed by atoms with Gasteiger partial charge in [-0.3, -0.25) is 9.78 Å². The number of aliphatic carboxylic acids is 1. The molecule has 134 valence electrons. The second-order valence-electron chi connectivity index (χ2n) is 6.30. The molecule has 3 heterocycles. The summed E-state index contributed by atoms with van der Waals surface area (Å²) in [7, 11) is 0. The minimum atomic E-state index is -0.976. The van der Waals surface area contributed by atoms with Gasteiger partial charge >= 0.3 is 5.97 Å². The molecule has 0 atom stereocenters. The summed E-state index contributed by atoms with van der Waals surface area (Å²) in [6.07, 6.45) is 5.19. The Bertz CT molecular complexity index is 1050. The van der Waals surface area contributed by atoms with Crippen molar-refractivity contribution in [2.45, 2.75) is 6.42 Å². The molecule has 4 rings (SSSR count). The van der Waals surface area contributed by atoms with Gasteiger partial charge in [-0.05, 0) is 29.8 Å². The second-order valence-corrected chi connectivity index (χ2v) is 6.30. The zero-order valence-corrected chi connectivity index (χ0v) is 14.4. The van der Waals surface area contributed by atoms with Crippen LogP contribution in [-0.4, -0.2) is 33.5 Å². The maximum Gasteiger partial charge on any atom is 0.328 e. The lowest BCUT2D eigenvalue weighted by molar-refractivity contribution is -0.131. The number of pyridine rings is 1. The number of aromatic nitrogens is 2. The lowest BCUT2D eigenvalue weighted by Crippen LogP contribution is -2.31. The number of carbonyl (C=O) groups is 2. The average molecular weight is 359 g/mol. The van der Waals surface area contributed by atoms with Crippen LogP contribution in [0.4, 0.5) is 0 Å². The average Bonchev–Trinajstić information content (AvgIpc) is 3.13. The highest BCUT2D eigenvalue weighted by molar-refractivity contribution is 5.97. The molecule has 1 aliphatic heterocycles. The van der Waals surface area contributed by atoms with Crippen molar-refractivity contribution in [3.05, 3.63) is 71.6 Å². The smallest absolute Gasteiger partial charge is 0.328 e. The number of carbonyl (C=O) groups excluding carboxylic acids is 1. The highest BCUT2D eigenvalue weighted by atomic mass is 16.4. The predicted octanol–water partition coefficient (Wildman–Crippen LogP) is 3.13. The Hall–Kier alpha value is -3.67. The molecule has 0 spiro atoms. The maximum absolute atomic E-state index is 12.0. The van der Waals surface area contributed by atoms with Gasteiger partial charge in [0.05, 0.1) is 11.3 Å². The normalized spacial score (nSPS) is 13.4. The first-order valence-corrected chi connectivity index (χ1v) is 8.58. The first kappa shape index (κ1) is 16.8. The minimum Gasteiger partial charge on any atom is -0.478 e. The molecular formula is C21H17N3O3. The summed E-state index contributed by atoms with van der Waals surface area (Å²) in [5.74, 6) is -1.02. The standard InChI is InChI=1S/C21H17N3O3/c25-20(26)6-3-13-1-4-14(5-2-13)18-11-15(7-9-22-18)19-12-16-17(24-19)8-10-23-21(16)27/h1-7,9,11-12,24H,8,10H2,(H,23,27)(H,25,26). The fourth-order valence-corrected chi connectivity index (χ4v) is 3.14. The van der Waals surface area contributed by atoms with Crippen molar-refractivity contribution >= 4 is 18.0 Å². The Balaban J connectivity index is 1.63. The van der Waals surface area contributed by atoms with Gasteiger partial charge in [0.15, 0.2) is 0 Å². The van der Waals surface area contributed by atoms with Crippen LogP contribution in [0.15, 0.2) is 54.7 Å². The Kier molecular flexibility index (Phi) is 4.30. The Morgan fingerprint density at radius 3 is 2.67 bits per heavy atom. The van der Waals surface area contributed by atoms with Crippen LogP contribution in [0, 0.1) is 0 Å². The molecule has 3 aromatic rings. The van der Waals surface area contributed by atoms with E-state index in [1.54, 1.807) is 12.3 Å². The van der Waals surface area contributed by atoms with Crippen molar-refractivity contribution < 1.29 is 14.7 Å². The lowest BCUT2D eigenvalue weighted by atomic mass is 10.0. The monoisotopic (exact) mass is 359 g/mol. The summed E-state index contributed by atoms with van der Waals surface area (Å²) in [5, 5.41) is 11.5. The van der Waals surface area contributed by atoms with Crippen LogP contribution in [-0.2, 0) is 11.2 Å². The molecule has 1 aromatic carbocycles. The third-order valence-corrected chi connectivity index (χ3v) is 4.50. The van der Waals surface area contributed by atoms with Crippen LogP contribution in [0.25, 0.3) is 28.6 Å². The van der Waals surface area contributed by atoms with Crippen molar-refractivity contribution in [1.82, 2.24) is 15.3 Å². The van der Waals surface area contributed by atoms with Crippen LogP contribution < -0.4 is 5.32 Å². The summed E-state index contributed by atoms with van der Waals surface area (Å²) in [4.78, 5) is 30.3. The number of aromatic amines is 1. The van der Waals surface area contributed by atoms with Crippen molar-refractivity contribution in [2.75, 3.05) is 6.54 Å². The molecule has 0 saturated carbocycles. The fraction of sp³-hybridized carbons (Fsp3) is 0.0952. The summed E-state index contributed by atoms with van der Waals surface area (Å²) in [6, 6.07) is 13.3. The number of nitrogens with one attached hydrogen (secondary N) is 2. The number of nitrogens with zero attached hydrogens (tertiary/aromatic N) is 1. The van der Waals surface area contributed by atoms with Gasteiger partial charge in [-0.15, -0.1) is 0 Å². The summed E-state index contributed by atoms with van der Waals surface area (Å²) in [6.45, 7) is 0.649. The number of hydrogen-bond acceptors (Lipinski definition) is 3. The molecule has 2 aromatic heterocycles. The predicted molar refractivity (Wildman–Crippen MR) is 102 cm³/mol. The number of carboxylic acid groups (broad SMARTS) is 1. The van der Waals surface area contributed by atoms with E-state index < -0.39 is 5.97 Å². The number of hydrogen-bond donors (Lipinski definition) is 3. The number of carboxylic acids is 1. The van der Waals surface area contributed by atoms with E-state index in [1.165, 1.54) is 0 Å².